The van der Waals surface area contributed by atoms with E-state index in [1.165, 1.54) is 0 Å². The highest BCUT2D eigenvalue weighted by molar-refractivity contribution is 5.52. The smallest absolute Gasteiger partial charge is 0.119 e. The summed E-state index contributed by atoms with van der Waals surface area (Å²) in [5.41, 5.74) is 2.18. The average molecular weight is 251 g/mol. The maximum Gasteiger partial charge on any atom is 0.119 e. The van der Waals surface area contributed by atoms with E-state index >= 15 is 0 Å². The Morgan fingerprint density at radius 3 is 2.21 bits per heavy atom. The zero-order valence-electron chi connectivity index (χ0n) is 11.2. The Kier molecular flexibility index (Phi) is 4.10. The third kappa shape index (κ3) is 2.89. The van der Waals surface area contributed by atoms with Gasteiger partial charge in [-0.1, -0.05) is 36.3 Å². The second-order valence-electron chi connectivity index (χ2n) is 4.29. The summed E-state index contributed by atoms with van der Waals surface area (Å²) in [7, 11) is 3.66. The fourth-order valence-electron chi connectivity index (χ4n) is 2.03. The lowest BCUT2D eigenvalue weighted by Gasteiger charge is -2.26. The molecule has 0 aliphatic heterocycles. The van der Waals surface area contributed by atoms with Crippen LogP contribution in [0.4, 0.5) is 5.69 Å². The van der Waals surface area contributed by atoms with Crippen molar-refractivity contribution in [1.82, 2.24) is 0 Å². The molecular weight excluding hydrogens is 234 g/mol. The lowest BCUT2D eigenvalue weighted by atomic mass is 10.1. The van der Waals surface area contributed by atoms with Crippen molar-refractivity contribution in [3.63, 3.8) is 0 Å². The molecular formula is C17H17NO. The van der Waals surface area contributed by atoms with E-state index in [2.05, 4.69) is 10.8 Å². The van der Waals surface area contributed by atoms with Crippen molar-refractivity contribution in [2.75, 3.05) is 19.1 Å². The Balaban J connectivity index is 2.26. The minimum atomic E-state index is -0.0744. The molecule has 0 aliphatic rings. The van der Waals surface area contributed by atoms with Gasteiger partial charge in [-0.2, -0.15) is 0 Å². The molecule has 2 rings (SSSR count). The van der Waals surface area contributed by atoms with Crippen molar-refractivity contribution in [3.05, 3.63) is 60.2 Å². The first-order valence-electron chi connectivity index (χ1n) is 6.14. The van der Waals surface area contributed by atoms with Crippen molar-refractivity contribution >= 4 is 5.69 Å². The van der Waals surface area contributed by atoms with Gasteiger partial charge in [-0.05, 0) is 29.8 Å². The Morgan fingerprint density at radius 2 is 1.68 bits per heavy atom. The fourth-order valence-corrected chi connectivity index (χ4v) is 2.03. The molecule has 0 spiro atoms. The molecule has 0 fully saturated rings. The maximum absolute atomic E-state index is 5.68. The van der Waals surface area contributed by atoms with Gasteiger partial charge in [0.1, 0.15) is 11.8 Å². The molecule has 2 aromatic carbocycles. The standard InChI is InChI=1S/C17H17NO/c1-4-17(14-8-6-5-7-9-14)18(2)15-10-12-16(19-3)13-11-15/h1,5-13,17H,2-3H3/t17-/m0/s1. The van der Waals surface area contributed by atoms with Crippen LogP contribution >= 0.6 is 0 Å². The Labute approximate surface area is 114 Å². The van der Waals surface area contributed by atoms with Crippen LogP contribution in [-0.4, -0.2) is 14.2 Å². The van der Waals surface area contributed by atoms with E-state index in [0.717, 1.165) is 17.0 Å². The molecule has 0 saturated heterocycles. The van der Waals surface area contributed by atoms with E-state index in [4.69, 9.17) is 11.2 Å². The molecule has 0 bridgehead atoms. The molecule has 96 valence electrons. The summed E-state index contributed by atoms with van der Waals surface area (Å²) >= 11 is 0. The highest BCUT2D eigenvalue weighted by Crippen LogP contribution is 2.26. The zero-order valence-corrected chi connectivity index (χ0v) is 11.2. The van der Waals surface area contributed by atoms with Gasteiger partial charge < -0.3 is 9.64 Å². The summed E-state index contributed by atoms with van der Waals surface area (Å²) in [5, 5.41) is 0. The van der Waals surface area contributed by atoms with Crippen LogP contribution in [0.5, 0.6) is 5.75 Å². The zero-order chi connectivity index (χ0) is 13.7. The van der Waals surface area contributed by atoms with Gasteiger partial charge in [0.25, 0.3) is 0 Å². The molecule has 0 saturated carbocycles. The van der Waals surface area contributed by atoms with E-state index in [0.29, 0.717) is 0 Å². The van der Waals surface area contributed by atoms with Gasteiger partial charge in [0.15, 0.2) is 0 Å². The van der Waals surface area contributed by atoms with E-state index in [-0.39, 0.29) is 6.04 Å². The molecule has 2 aromatic rings. The molecule has 0 aliphatic carbocycles. The van der Waals surface area contributed by atoms with Crippen LogP contribution in [0.3, 0.4) is 0 Å². The van der Waals surface area contributed by atoms with Crippen LogP contribution in [-0.2, 0) is 0 Å². The Hall–Kier alpha value is -2.40. The molecule has 0 unspecified atom stereocenters. The molecule has 0 aromatic heterocycles. The normalized spacial score (nSPS) is 11.4. The van der Waals surface area contributed by atoms with Crippen LogP contribution in [0.1, 0.15) is 11.6 Å². The second-order valence-corrected chi connectivity index (χ2v) is 4.29. The molecule has 0 radical (unpaired) electrons. The molecule has 2 nitrogen and oxygen atoms in total. The first kappa shape index (κ1) is 13.0. The van der Waals surface area contributed by atoms with Crippen molar-refractivity contribution in [3.8, 4) is 18.1 Å². The number of anilines is 1. The van der Waals surface area contributed by atoms with Gasteiger partial charge >= 0.3 is 0 Å². The Bertz CT molecular complexity index is 554. The fraction of sp³-hybridized carbons (Fsp3) is 0.176. The third-order valence-corrected chi connectivity index (χ3v) is 3.14. The predicted octanol–water partition coefficient (Wildman–Crippen LogP) is 3.51. The number of methoxy groups -OCH3 is 1. The number of benzene rings is 2. The second kappa shape index (κ2) is 5.97. The largest absolute Gasteiger partial charge is 0.497 e. The van der Waals surface area contributed by atoms with Gasteiger partial charge in [0, 0.05) is 12.7 Å². The van der Waals surface area contributed by atoms with Crippen molar-refractivity contribution in [1.29, 1.82) is 0 Å². The van der Waals surface area contributed by atoms with E-state index in [1.807, 2.05) is 61.6 Å². The Morgan fingerprint density at radius 1 is 1.05 bits per heavy atom. The SMILES string of the molecule is C#C[C@@H](c1ccccc1)N(C)c1ccc(OC)cc1. The van der Waals surface area contributed by atoms with Gasteiger partial charge in [0.05, 0.1) is 7.11 Å². The highest BCUT2D eigenvalue weighted by Gasteiger charge is 2.14. The number of ether oxygens (including phenoxy) is 1. The van der Waals surface area contributed by atoms with Crippen LogP contribution in [0.25, 0.3) is 0 Å². The monoisotopic (exact) mass is 251 g/mol. The predicted molar refractivity (Wildman–Crippen MR) is 79.4 cm³/mol. The number of nitrogens with zero attached hydrogens (tertiary/aromatic N) is 1. The minimum Gasteiger partial charge on any atom is -0.497 e. The topological polar surface area (TPSA) is 12.5 Å². The molecule has 19 heavy (non-hydrogen) atoms. The van der Waals surface area contributed by atoms with Crippen molar-refractivity contribution < 1.29 is 4.74 Å². The van der Waals surface area contributed by atoms with Crippen LogP contribution < -0.4 is 9.64 Å². The number of rotatable bonds is 4. The lowest BCUT2D eigenvalue weighted by molar-refractivity contribution is 0.415. The van der Waals surface area contributed by atoms with E-state index < -0.39 is 0 Å². The third-order valence-electron chi connectivity index (χ3n) is 3.14. The van der Waals surface area contributed by atoms with Gasteiger partial charge in [-0.25, -0.2) is 0 Å². The molecule has 0 amide bonds. The first-order chi connectivity index (χ1) is 9.26. The highest BCUT2D eigenvalue weighted by atomic mass is 16.5. The summed E-state index contributed by atoms with van der Waals surface area (Å²) in [6.07, 6.45) is 5.68. The lowest BCUT2D eigenvalue weighted by Crippen LogP contribution is -2.22. The van der Waals surface area contributed by atoms with Crippen LogP contribution in [0.15, 0.2) is 54.6 Å². The van der Waals surface area contributed by atoms with E-state index in [1.54, 1.807) is 7.11 Å². The van der Waals surface area contributed by atoms with Crippen LogP contribution in [0.2, 0.25) is 0 Å². The maximum atomic E-state index is 5.68. The summed E-state index contributed by atoms with van der Waals surface area (Å²) in [6, 6.07) is 17.9. The summed E-state index contributed by atoms with van der Waals surface area (Å²) < 4.78 is 5.16. The average Bonchev–Trinajstić information content (AvgIpc) is 2.49. The minimum absolute atomic E-state index is 0.0744. The number of hydrogen-bond donors (Lipinski definition) is 0. The van der Waals surface area contributed by atoms with Gasteiger partial charge in [-0.3, -0.25) is 0 Å². The first-order valence-corrected chi connectivity index (χ1v) is 6.14. The molecule has 1 atom stereocenters. The van der Waals surface area contributed by atoms with Gasteiger partial charge in [-0.15, -0.1) is 6.42 Å². The number of hydrogen-bond acceptors (Lipinski definition) is 2. The summed E-state index contributed by atoms with van der Waals surface area (Å²) in [4.78, 5) is 2.08. The summed E-state index contributed by atoms with van der Waals surface area (Å²) in [5.74, 6) is 3.68. The van der Waals surface area contributed by atoms with Crippen LogP contribution in [0, 0.1) is 12.3 Å². The molecule has 0 N–H and O–H groups in total. The molecule has 0 heterocycles. The van der Waals surface area contributed by atoms with Gasteiger partial charge in [0.2, 0.25) is 0 Å². The number of terminal acetylenes is 1. The van der Waals surface area contributed by atoms with E-state index in [9.17, 15) is 0 Å². The quantitative estimate of drug-likeness (QED) is 0.771. The van der Waals surface area contributed by atoms with Crippen molar-refractivity contribution in [2.45, 2.75) is 6.04 Å². The molecule has 2 heteroatoms. The van der Waals surface area contributed by atoms with Crippen molar-refractivity contribution in [2.24, 2.45) is 0 Å². The summed E-state index contributed by atoms with van der Waals surface area (Å²) in [6.45, 7) is 0.